The van der Waals surface area contributed by atoms with E-state index in [-0.39, 0.29) is 0 Å². The molecule has 0 heterocycles. The first-order chi connectivity index (χ1) is 8.22. The molecule has 17 heavy (non-hydrogen) atoms. The molecule has 0 aromatic heterocycles. The summed E-state index contributed by atoms with van der Waals surface area (Å²) in [4.78, 5) is 0. The number of hydrogen-bond donors (Lipinski definition) is 2. The minimum Gasteiger partial charge on any atom is -0.497 e. The first-order valence-electron chi connectivity index (χ1n) is 5.83. The van der Waals surface area contributed by atoms with Gasteiger partial charge in [0.2, 0.25) is 0 Å². The summed E-state index contributed by atoms with van der Waals surface area (Å²) in [6.45, 7) is 3.49. The highest BCUT2D eigenvalue weighted by Crippen LogP contribution is 2.28. The van der Waals surface area contributed by atoms with Crippen LogP contribution in [0, 0.1) is 0 Å². The van der Waals surface area contributed by atoms with Crippen molar-refractivity contribution in [3.8, 4) is 11.5 Å². The van der Waals surface area contributed by atoms with Gasteiger partial charge in [0.15, 0.2) is 0 Å². The van der Waals surface area contributed by atoms with Crippen molar-refractivity contribution in [1.29, 1.82) is 0 Å². The number of ether oxygens (including phenoxy) is 2. The van der Waals surface area contributed by atoms with Gasteiger partial charge in [-0.15, -0.1) is 0 Å². The van der Waals surface area contributed by atoms with Crippen molar-refractivity contribution in [2.45, 2.75) is 19.4 Å². The van der Waals surface area contributed by atoms with Gasteiger partial charge in [0.25, 0.3) is 0 Å². The van der Waals surface area contributed by atoms with Crippen molar-refractivity contribution in [2.75, 3.05) is 27.3 Å². The lowest BCUT2D eigenvalue weighted by atomic mass is 10.1. The summed E-state index contributed by atoms with van der Waals surface area (Å²) in [7, 11) is 3.20. The summed E-state index contributed by atoms with van der Waals surface area (Å²) in [6.07, 6.45) is 0.453. The molecule has 0 bridgehead atoms. The van der Waals surface area contributed by atoms with E-state index in [9.17, 15) is 5.11 Å². The van der Waals surface area contributed by atoms with Crippen LogP contribution in [0.2, 0.25) is 0 Å². The molecule has 1 unspecified atom stereocenters. The normalized spacial score (nSPS) is 12.2. The van der Waals surface area contributed by atoms with E-state index in [1.807, 2.05) is 6.07 Å². The summed E-state index contributed by atoms with van der Waals surface area (Å²) in [5.74, 6) is 1.40. The fraction of sp³-hybridized carbons (Fsp3) is 0.538. The van der Waals surface area contributed by atoms with Crippen LogP contribution in [-0.4, -0.2) is 32.4 Å². The third-order valence-electron chi connectivity index (χ3n) is 2.56. The topological polar surface area (TPSA) is 50.7 Å². The van der Waals surface area contributed by atoms with Crippen LogP contribution in [0.3, 0.4) is 0 Å². The fourth-order valence-corrected chi connectivity index (χ4v) is 1.63. The molecule has 0 saturated heterocycles. The average Bonchev–Trinajstić information content (AvgIpc) is 2.38. The Hall–Kier alpha value is -1.26. The summed E-state index contributed by atoms with van der Waals surface area (Å²) >= 11 is 0. The van der Waals surface area contributed by atoms with E-state index in [1.165, 1.54) is 0 Å². The summed E-state index contributed by atoms with van der Waals surface area (Å²) in [5, 5.41) is 13.3. The quantitative estimate of drug-likeness (QED) is 0.712. The van der Waals surface area contributed by atoms with Crippen LogP contribution in [-0.2, 0) is 0 Å². The third-order valence-corrected chi connectivity index (χ3v) is 2.56. The van der Waals surface area contributed by atoms with Gasteiger partial charge >= 0.3 is 0 Å². The second-order valence-corrected chi connectivity index (χ2v) is 3.83. The van der Waals surface area contributed by atoms with Gasteiger partial charge in [0.1, 0.15) is 11.5 Å². The Kier molecular flexibility index (Phi) is 5.80. The number of rotatable bonds is 7. The minimum absolute atomic E-state index is 0.511. The molecule has 1 atom stereocenters. The van der Waals surface area contributed by atoms with E-state index in [0.717, 1.165) is 24.3 Å². The van der Waals surface area contributed by atoms with E-state index in [4.69, 9.17) is 9.47 Å². The molecule has 0 aliphatic heterocycles. The first kappa shape index (κ1) is 13.8. The van der Waals surface area contributed by atoms with Crippen molar-refractivity contribution in [3.05, 3.63) is 23.8 Å². The van der Waals surface area contributed by atoms with Crippen LogP contribution in [0.5, 0.6) is 11.5 Å². The fourth-order valence-electron chi connectivity index (χ4n) is 1.63. The lowest BCUT2D eigenvalue weighted by Gasteiger charge is -2.16. The number of methoxy groups -OCH3 is 2. The molecule has 0 amide bonds. The molecule has 0 saturated carbocycles. The molecule has 0 fully saturated rings. The molecule has 0 aliphatic carbocycles. The molecule has 2 N–H and O–H groups in total. The van der Waals surface area contributed by atoms with Crippen LogP contribution < -0.4 is 14.8 Å². The Labute approximate surface area is 103 Å². The van der Waals surface area contributed by atoms with E-state index in [1.54, 1.807) is 26.4 Å². The van der Waals surface area contributed by atoms with Crippen molar-refractivity contribution in [1.82, 2.24) is 5.32 Å². The molecule has 4 nitrogen and oxygen atoms in total. The van der Waals surface area contributed by atoms with Gasteiger partial charge in [0.05, 0.1) is 20.3 Å². The Bertz CT molecular complexity index is 341. The van der Waals surface area contributed by atoms with Gasteiger partial charge in [-0.05, 0) is 31.2 Å². The lowest BCUT2D eigenvalue weighted by molar-refractivity contribution is 0.170. The van der Waals surface area contributed by atoms with Gasteiger partial charge in [-0.25, -0.2) is 0 Å². The molecular weight excluding hydrogens is 218 g/mol. The predicted octanol–water partition coefficient (Wildman–Crippen LogP) is 1.74. The first-order valence-corrected chi connectivity index (χ1v) is 5.83. The highest BCUT2D eigenvalue weighted by molar-refractivity contribution is 5.41. The van der Waals surface area contributed by atoms with Gasteiger partial charge in [-0.3, -0.25) is 0 Å². The number of aliphatic hydroxyl groups excluding tert-OH is 1. The largest absolute Gasteiger partial charge is 0.497 e. The zero-order valence-electron chi connectivity index (χ0n) is 10.7. The molecule has 1 rings (SSSR count). The second-order valence-electron chi connectivity index (χ2n) is 3.83. The highest BCUT2D eigenvalue weighted by atomic mass is 16.5. The van der Waals surface area contributed by atoms with Crippen molar-refractivity contribution in [2.24, 2.45) is 0 Å². The summed E-state index contributed by atoms with van der Waals surface area (Å²) in [5.41, 5.74) is 0.746. The molecule has 0 radical (unpaired) electrons. The number of benzene rings is 1. The maximum Gasteiger partial charge on any atom is 0.124 e. The third kappa shape index (κ3) is 3.91. The highest BCUT2D eigenvalue weighted by Gasteiger charge is 2.13. The standard InChI is InChI=1S/C13H21NO3/c1-4-7-14-9-12(15)11-8-10(16-2)5-6-13(11)17-3/h5-6,8,12,14-15H,4,7,9H2,1-3H3. The zero-order chi connectivity index (χ0) is 12.7. The lowest BCUT2D eigenvalue weighted by Crippen LogP contribution is -2.22. The SMILES string of the molecule is CCCNCC(O)c1cc(OC)ccc1OC. The molecule has 0 spiro atoms. The molecule has 4 heteroatoms. The summed E-state index contributed by atoms with van der Waals surface area (Å²) in [6, 6.07) is 5.42. The van der Waals surface area contributed by atoms with E-state index in [2.05, 4.69) is 12.2 Å². The predicted molar refractivity (Wildman–Crippen MR) is 67.7 cm³/mol. The van der Waals surface area contributed by atoms with Crippen molar-refractivity contribution < 1.29 is 14.6 Å². The van der Waals surface area contributed by atoms with Gasteiger partial charge in [-0.2, -0.15) is 0 Å². The Balaban J connectivity index is 2.78. The number of hydrogen-bond acceptors (Lipinski definition) is 4. The van der Waals surface area contributed by atoms with Crippen LogP contribution in [0.4, 0.5) is 0 Å². The molecular formula is C13H21NO3. The monoisotopic (exact) mass is 239 g/mol. The maximum atomic E-state index is 10.1. The Morgan fingerprint density at radius 2 is 2.06 bits per heavy atom. The zero-order valence-corrected chi connectivity index (χ0v) is 10.7. The van der Waals surface area contributed by atoms with Crippen molar-refractivity contribution >= 4 is 0 Å². The van der Waals surface area contributed by atoms with Gasteiger partial charge in [-0.1, -0.05) is 6.92 Å². The molecule has 1 aromatic rings. The van der Waals surface area contributed by atoms with Gasteiger partial charge in [0, 0.05) is 12.1 Å². The number of nitrogens with one attached hydrogen (secondary N) is 1. The van der Waals surface area contributed by atoms with E-state index in [0.29, 0.717) is 12.3 Å². The summed E-state index contributed by atoms with van der Waals surface area (Å²) < 4.78 is 10.4. The second kappa shape index (κ2) is 7.14. The van der Waals surface area contributed by atoms with Crippen molar-refractivity contribution in [3.63, 3.8) is 0 Å². The molecule has 96 valence electrons. The van der Waals surface area contributed by atoms with Crippen LogP contribution in [0.25, 0.3) is 0 Å². The van der Waals surface area contributed by atoms with Crippen LogP contribution in [0.1, 0.15) is 25.0 Å². The van der Waals surface area contributed by atoms with Crippen LogP contribution in [0.15, 0.2) is 18.2 Å². The minimum atomic E-state index is -0.591. The Morgan fingerprint density at radius 1 is 1.29 bits per heavy atom. The van der Waals surface area contributed by atoms with E-state index >= 15 is 0 Å². The van der Waals surface area contributed by atoms with Gasteiger partial charge < -0.3 is 19.9 Å². The van der Waals surface area contributed by atoms with Crippen LogP contribution >= 0.6 is 0 Å². The smallest absolute Gasteiger partial charge is 0.124 e. The maximum absolute atomic E-state index is 10.1. The Morgan fingerprint density at radius 3 is 2.65 bits per heavy atom. The number of aliphatic hydroxyl groups is 1. The molecule has 1 aromatic carbocycles. The average molecular weight is 239 g/mol. The van der Waals surface area contributed by atoms with E-state index < -0.39 is 6.10 Å². The molecule has 0 aliphatic rings.